The number of rotatable bonds is 51. The number of hydrogen-bond acceptors (Lipinski definition) is 22. The van der Waals surface area contributed by atoms with Crippen LogP contribution in [-0.2, 0) is 76.1 Å². The highest BCUT2D eigenvalue weighted by Gasteiger charge is 2.31. The van der Waals surface area contributed by atoms with E-state index in [1.807, 2.05) is 0 Å². The summed E-state index contributed by atoms with van der Waals surface area (Å²) in [4.78, 5) is 142. The number of anilines is 2. The monoisotopic (exact) mass is 1620 g/mol. The van der Waals surface area contributed by atoms with Crippen molar-refractivity contribution >= 4 is 118 Å². The summed E-state index contributed by atoms with van der Waals surface area (Å²) in [5.41, 5.74) is -0.663. The number of pyridine rings is 2. The van der Waals surface area contributed by atoms with Crippen LogP contribution in [0.25, 0.3) is 0 Å². The molecule has 0 aliphatic heterocycles. The summed E-state index contributed by atoms with van der Waals surface area (Å²) in [5.74, 6) is -2.75. The Morgan fingerprint density at radius 2 is 0.755 bits per heavy atom. The molecular formula is C74H106Cl4N12O20. The van der Waals surface area contributed by atoms with Gasteiger partial charge < -0.3 is 89.9 Å². The molecular weight excluding hydrogens is 1520 g/mol. The van der Waals surface area contributed by atoms with E-state index < -0.39 is 83.1 Å². The van der Waals surface area contributed by atoms with E-state index >= 15 is 0 Å². The second kappa shape index (κ2) is 52.7. The average Bonchev–Trinajstić information content (AvgIpc) is 0.861. The number of nitrogens with one attached hydrogen (secondary N) is 8. The molecule has 0 saturated carbocycles. The van der Waals surface area contributed by atoms with Crippen molar-refractivity contribution in [3.63, 3.8) is 0 Å². The number of aromatic nitrogens is 2. The number of ether oxygens (including phenoxy) is 10. The van der Waals surface area contributed by atoms with Crippen LogP contribution in [0.2, 0.25) is 20.1 Å². The molecule has 4 atom stereocenters. The van der Waals surface area contributed by atoms with E-state index in [0.29, 0.717) is 74.4 Å². The summed E-state index contributed by atoms with van der Waals surface area (Å²) in [5, 5.41) is 23.1. The number of methoxy groups -OCH3 is 2. The number of benzene rings is 2. The van der Waals surface area contributed by atoms with Crippen molar-refractivity contribution in [3.05, 3.63) is 116 Å². The highest BCUT2D eigenvalue weighted by Crippen LogP contribution is 2.28. The summed E-state index contributed by atoms with van der Waals surface area (Å²) in [6.07, 6.45) is 3.99. The molecule has 0 spiro atoms. The number of carbonyl (C=O) groups is 10. The van der Waals surface area contributed by atoms with Crippen LogP contribution in [0.3, 0.4) is 0 Å². The third kappa shape index (κ3) is 41.6. The molecule has 0 aliphatic carbocycles. The SMILES string of the molecule is COC(=O)CC(NC(=O)[C@H](COCCOCCOCCNC(=O)NCCCCNC(=O)NCCOCCOCCOC[C@H](NC(=O)CCCCN(C(=O)OC(C)(C)C)c1ccccn1)C(=O)NC(CC(=O)OC)c1cc(Cl)cc(Cl)c1)NC(=O)CCCCN(C(=O)OC(C)(C)C)c1ccccn1)c1cc(Cl)cc(Cl)c1. The number of amides is 10. The highest BCUT2D eigenvalue weighted by molar-refractivity contribution is 6.35. The maximum absolute atomic E-state index is 13.9. The quantitative estimate of drug-likeness (QED) is 0.0116. The van der Waals surface area contributed by atoms with Crippen LogP contribution in [0.5, 0.6) is 0 Å². The van der Waals surface area contributed by atoms with Gasteiger partial charge >= 0.3 is 36.2 Å². The van der Waals surface area contributed by atoms with Crippen molar-refractivity contribution in [2.75, 3.05) is 143 Å². The largest absolute Gasteiger partial charge is 0.469 e. The number of urea groups is 2. The molecule has 110 heavy (non-hydrogen) atoms. The zero-order valence-corrected chi connectivity index (χ0v) is 66.7. The third-order valence-corrected chi connectivity index (χ3v) is 16.0. The molecule has 4 aromatic rings. The van der Waals surface area contributed by atoms with Crippen molar-refractivity contribution in [2.24, 2.45) is 0 Å². The van der Waals surface area contributed by atoms with Gasteiger partial charge in [-0.3, -0.25) is 38.6 Å². The van der Waals surface area contributed by atoms with Crippen molar-refractivity contribution < 1.29 is 95.3 Å². The Hall–Kier alpha value is -8.44. The first-order valence-electron chi connectivity index (χ1n) is 36.1. The third-order valence-electron chi connectivity index (χ3n) is 15.2. The van der Waals surface area contributed by atoms with E-state index in [-0.39, 0.29) is 163 Å². The maximum atomic E-state index is 13.9. The lowest BCUT2D eigenvalue weighted by Gasteiger charge is -2.27. The van der Waals surface area contributed by atoms with Crippen LogP contribution in [-0.4, -0.2) is 226 Å². The Morgan fingerprint density at radius 1 is 0.418 bits per heavy atom. The Kier molecular flexibility index (Phi) is 45.0. The normalized spacial score (nSPS) is 12.4. The first kappa shape index (κ1) is 93.9. The molecule has 8 N–H and O–H groups in total. The Balaban J connectivity index is 1.07. The van der Waals surface area contributed by atoms with Crippen molar-refractivity contribution in [1.29, 1.82) is 0 Å². The number of hydrogen-bond donors (Lipinski definition) is 8. The zero-order valence-electron chi connectivity index (χ0n) is 63.7. The van der Waals surface area contributed by atoms with Gasteiger partial charge in [0.2, 0.25) is 23.6 Å². The van der Waals surface area contributed by atoms with Crippen LogP contribution in [0.4, 0.5) is 30.8 Å². The van der Waals surface area contributed by atoms with E-state index in [2.05, 4.69) is 52.5 Å². The number of unbranched alkanes of at least 4 members (excludes halogenated alkanes) is 3. The highest BCUT2D eigenvalue weighted by atomic mass is 35.5. The molecule has 0 bridgehead atoms. The molecule has 4 rings (SSSR count). The standard InChI is InChI=1S/C74H106Cl4N12O20/c1-73(2,3)109-71(99)89(61-19-9-13-23-79-61)29-17-11-21-63(91)85-59(67(95)87-57(47-65(93)101-7)51-41-53(75)45-54(76)42-51)49-107-39-37-105-35-33-103-31-27-83-69(97)81-25-15-16-26-82-70(98)84-28-32-104-34-36-106-38-40-108-50-60(68(96)88-58(48-66(94)102-8)52-43-55(77)46-56(78)44-52)86-64(92)22-12-18-30-90(62-20-10-14-24-80-62)72(100)110-74(4,5)6/h9-10,13-14,19-20,23-24,41-46,57-60H,11-12,15-18,21-22,25-40,47-50H2,1-8H3,(H,85,91)(H,86,92)(H,87,95)(H,88,96)(H2,81,83,97)(H2,82,84,98)/t57?,58?,59-,60-/m0/s1. The Labute approximate surface area is 662 Å². The van der Waals surface area contributed by atoms with Gasteiger partial charge in [0.15, 0.2) is 0 Å². The van der Waals surface area contributed by atoms with Crippen LogP contribution < -0.4 is 52.3 Å². The van der Waals surface area contributed by atoms with Gasteiger partial charge in [-0.15, -0.1) is 0 Å². The molecule has 32 nitrogen and oxygen atoms in total. The van der Waals surface area contributed by atoms with E-state index in [0.717, 1.165) is 0 Å². The van der Waals surface area contributed by atoms with Gasteiger partial charge in [0.25, 0.3) is 0 Å². The minimum absolute atomic E-state index is 0.0108. The van der Waals surface area contributed by atoms with E-state index in [9.17, 15) is 47.9 Å². The molecule has 610 valence electrons. The van der Waals surface area contributed by atoms with Crippen LogP contribution in [0, 0.1) is 0 Å². The smallest absolute Gasteiger partial charge is 0.416 e. The molecule has 2 unspecified atom stereocenters. The molecule has 0 radical (unpaired) electrons. The molecule has 2 aromatic heterocycles. The lowest BCUT2D eigenvalue weighted by Crippen LogP contribution is -2.50. The predicted molar refractivity (Wildman–Crippen MR) is 412 cm³/mol. The fourth-order valence-electron chi connectivity index (χ4n) is 9.91. The zero-order chi connectivity index (χ0) is 80.7. The molecule has 0 aliphatic rings. The molecule has 36 heteroatoms. The molecule has 10 amide bonds. The summed E-state index contributed by atoms with van der Waals surface area (Å²) >= 11 is 25.1. The Morgan fingerprint density at radius 3 is 1.08 bits per heavy atom. The van der Waals surface area contributed by atoms with Gasteiger partial charge in [0, 0.05) is 84.6 Å². The number of halogens is 4. The van der Waals surface area contributed by atoms with Gasteiger partial charge in [-0.05, 0) is 152 Å². The molecule has 2 heterocycles. The van der Waals surface area contributed by atoms with Crippen LogP contribution in [0.1, 0.15) is 129 Å². The van der Waals surface area contributed by atoms with Crippen molar-refractivity contribution in [3.8, 4) is 0 Å². The average molecular weight is 1630 g/mol. The first-order valence-corrected chi connectivity index (χ1v) is 37.6. The minimum atomic E-state index is -1.22. The molecule has 0 saturated heterocycles. The van der Waals surface area contributed by atoms with Gasteiger partial charge in [0.1, 0.15) is 34.9 Å². The van der Waals surface area contributed by atoms with Gasteiger partial charge in [0.05, 0.1) is 118 Å². The second-order valence-corrected chi connectivity index (χ2v) is 28.3. The van der Waals surface area contributed by atoms with Gasteiger partial charge in [-0.1, -0.05) is 58.5 Å². The molecule has 2 aromatic carbocycles. The molecule has 0 fully saturated rings. The topological polar surface area (TPSA) is 391 Å². The number of nitrogens with zero attached hydrogens (tertiary/aromatic N) is 4. The first-order chi connectivity index (χ1) is 52.5. The number of esters is 2. The van der Waals surface area contributed by atoms with Gasteiger partial charge in [-0.2, -0.15) is 0 Å². The van der Waals surface area contributed by atoms with E-state index in [4.69, 9.17) is 93.8 Å². The summed E-state index contributed by atoms with van der Waals surface area (Å²) in [6.45, 7) is 13.0. The van der Waals surface area contributed by atoms with Gasteiger partial charge in [-0.25, -0.2) is 29.1 Å². The second-order valence-electron chi connectivity index (χ2n) is 26.6. The Bertz CT molecular complexity index is 3210. The fourth-order valence-corrected chi connectivity index (χ4v) is 11.0. The lowest BCUT2D eigenvalue weighted by molar-refractivity contribution is -0.142. The van der Waals surface area contributed by atoms with Crippen LogP contribution >= 0.6 is 46.4 Å². The fraction of sp³-hybridized carbons (Fsp3) is 0.568. The predicted octanol–water partition coefficient (Wildman–Crippen LogP) is 8.90. The number of carbonyl (C=O) groups excluding carboxylic acids is 10. The van der Waals surface area contributed by atoms with E-state index in [1.165, 1.54) is 36.2 Å². The summed E-state index contributed by atoms with van der Waals surface area (Å²) in [6, 6.07) is 14.4. The van der Waals surface area contributed by atoms with Crippen LogP contribution in [0.15, 0.2) is 85.2 Å². The maximum Gasteiger partial charge on any atom is 0.416 e. The van der Waals surface area contributed by atoms with E-state index in [1.54, 1.807) is 115 Å². The van der Waals surface area contributed by atoms with Crippen molar-refractivity contribution in [1.82, 2.24) is 52.5 Å². The van der Waals surface area contributed by atoms with Crippen molar-refractivity contribution in [2.45, 2.75) is 141 Å². The summed E-state index contributed by atoms with van der Waals surface area (Å²) in [7, 11) is 2.42. The summed E-state index contributed by atoms with van der Waals surface area (Å²) < 4.78 is 54.9. The lowest BCUT2D eigenvalue weighted by atomic mass is 10.0. The minimum Gasteiger partial charge on any atom is -0.469 e.